The van der Waals surface area contributed by atoms with Gasteiger partial charge in [0, 0.05) is 41.8 Å². The van der Waals surface area contributed by atoms with E-state index < -0.39 is 40.4 Å². The predicted octanol–water partition coefficient (Wildman–Crippen LogP) is 4.22. The fourth-order valence-electron chi connectivity index (χ4n) is 5.13. The van der Waals surface area contributed by atoms with E-state index >= 15 is 0 Å². The van der Waals surface area contributed by atoms with E-state index in [4.69, 9.17) is 34.8 Å². The number of aromatic nitrogens is 1. The summed E-state index contributed by atoms with van der Waals surface area (Å²) >= 11 is 19.0. The first-order chi connectivity index (χ1) is 21.3. The topological polar surface area (TPSA) is 155 Å². The Morgan fingerprint density at radius 2 is 1.69 bits per heavy atom. The Labute approximate surface area is 272 Å². The standard InChI is InChI=1S/C30H25Cl3N4O7S/c1-45(43,44)37-15-21(20-4-2-3-5-24(20)37)27(38)34-13-23(30(41)42)35-28(39)25-22(32)12-17-14-36(11-10-19(17)26(25)33)29(40)16-6-8-18(31)9-7-16/h2-9,12,15,23H,10-11,13-14H2,1H3,(H,34,38)(H,35,39)(H,41,42). The number of amides is 3. The lowest BCUT2D eigenvalue weighted by molar-refractivity contribution is -0.139. The van der Waals surface area contributed by atoms with Crippen molar-refractivity contribution in [2.24, 2.45) is 0 Å². The van der Waals surface area contributed by atoms with Crippen molar-refractivity contribution in [2.75, 3.05) is 19.3 Å². The van der Waals surface area contributed by atoms with Crippen molar-refractivity contribution in [1.82, 2.24) is 19.5 Å². The highest BCUT2D eigenvalue weighted by Gasteiger charge is 2.30. The van der Waals surface area contributed by atoms with E-state index in [9.17, 15) is 32.7 Å². The average molecular weight is 692 g/mol. The predicted molar refractivity (Wildman–Crippen MR) is 170 cm³/mol. The molecule has 0 fully saturated rings. The lowest BCUT2D eigenvalue weighted by Crippen LogP contribution is -2.48. The Bertz CT molecular complexity index is 1980. The second-order valence-electron chi connectivity index (χ2n) is 10.4. The molecule has 45 heavy (non-hydrogen) atoms. The van der Waals surface area contributed by atoms with Crippen molar-refractivity contribution in [1.29, 1.82) is 0 Å². The molecule has 2 heterocycles. The molecule has 1 atom stereocenters. The Hall–Kier alpha value is -4.10. The Balaban J connectivity index is 1.31. The molecule has 234 valence electrons. The van der Waals surface area contributed by atoms with Crippen LogP contribution in [-0.2, 0) is 27.8 Å². The number of carboxylic acid groups (broad SMARTS) is 1. The van der Waals surface area contributed by atoms with Gasteiger partial charge in [-0.3, -0.25) is 14.4 Å². The summed E-state index contributed by atoms with van der Waals surface area (Å²) in [6.45, 7) is -0.0196. The van der Waals surface area contributed by atoms with Gasteiger partial charge >= 0.3 is 5.97 Å². The summed E-state index contributed by atoms with van der Waals surface area (Å²) in [6.07, 6.45) is 2.47. The number of para-hydroxylation sites is 1. The van der Waals surface area contributed by atoms with Crippen molar-refractivity contribution in [3.63, 3.8) is 0 Å². The molecule has 4 aromatic rings. The number of carbonyl (C=O) groups excluding carboxylic acids is 3. The van der Waals surface area contributed by atoms with E-state index in [2.05, 4.69) is 10.6 Å². The third kappa shape index (κ3) is 6.64. The first-order valence-corrected chi connectivity index (χ1v) is 16.4. The highest BCUT2D eigenvalue weighted by Crippen LogP contribution is 2.35. The van der Waals surface area contributed by atoms with Crippen molar-refractivity contribution in [3.8, 4) is 0 Å². The smallest absolute Gasteiger partial charge is 0.328 e. The molecule has 3 amide bonds. The van der Waals surface area contributed by atoms with E-state index in [0.717, 1.165) is 16.4 Å². The fourth-order valence-corrected chi connectivity index (χ4v) is 6.84. The molecule has 3 N–H and O–H groups in total. The van der Waals surface area contributed by atoms with Crippen LogP contribution < -0.4 is 10.6 Å². The van der Waals surface area contributed by atoms with E-state index in [0.29, 0.717) is 40.1 Å². The summed E-state index contributed by atoms with van der Waals surface area (Å²) in [4.78, 5) is 53.0. The van der Waals surface area contributed by atoms with Crippen LogP contribution in [0.1, 0.15) is 42.2 Å². The van der Waals surface area contributed by atoms with Crippen LogP contribution in [0.4, 0.5) is 0 Å². The molecule has 1 aliphatic rings. The molecule has 0 spiro atoms. The third-order valence-electron chi connectivity index (χ3n) is 7.36. The zero-order chi connectivity index (χ0) is 32.6. The zero-order valence-corrected chi connectivity index (χ0v) is 26.6. The zero-order valence-electron chi connectivity index (χ0n) is 23.5. The number of rotatable bonds is 8. The number of nitrogens with one attached hydrogen (secondary N) is 2. The summed E-state index contributed by atoms with van der Waals surface area (Å²) < 4.78 is 25.4. The van der Waals surface area contributed by atoms with Gasteiger partial charge in [-0.05, 0) is 53.9 Å². The molecule has 1 unspecified atom stereocenters. The van der Waals surface area contributed by atoms with Crippen molar-refractivity contribution in [2.45, 2.75) is 19.0 Å². The molecule has 1 aromatic heterocycles. The van der Waals surface area contributed by atoms with Gasteiger partial charge in [-0.1, -0.05) is 53.0 Å². The molecular weight excluding hydrogens is 667 g/mol. The number of hydrogen-bond acceptors (Lipinski definition) is 6. The molecule has 0 bridgehead atoms. The lowest BCUT2D eigenvalue weighted by Gasteiger charge is -2.30. The normalized spacial score (nSPS) is 13.6. The molecule has 0 aliphatic carbocycles. The average Bonchev–Trinajstić information content (AvgIpc) is 3.39. The number of hydrogen-bond donors (Lipinski definition) is 3. The Morgan fingerprint density at radius 1 is 1.00 bits per heavy atom. The van der Waals surface area contributed by atoms with Crippen LogP contribution in [0.3, 0.4) is 0 Å². The highest BCUT2D eigenvalue weighted by molar-refractivity contribution is 7.89. The van der Waals surface area contributed by atoms with Crippen LogP contribution in [0.2, 0.25) is 15.1 Å². The van der Waals surface area contributed by atoms with Gasteiger partial charge < -0.3 is 20.6 Å². The number of carbonyl (C=O) groups is 4. The van der Waals surface area contributed by atoms with Crippen molar-refractivity contribution < 1.29 is 32.7 Å². The number of nitrogens with zero attached hydrogens (tertiary/aromatic N) is 2. The van der Waals surface area contributed by atoms with Crippen LogP contribution in [-0.4, -0.2) is 71.5 Å². The number of halogens is 3. The van der Waals surface area contributed by atoms with E-state index in [-0.39, 0.29) is 39.1 Å². The van der Waals surface area contributed by atoms with E-state index in [1.54, 1.807) is 47.4 Å². The van der Waals surface area contributed by atoms with E-state index in [1.165, 1.54) is 12.1 Å². The maximum absolute atomic E-state index is 13.3. The Morgan fingerprint density at radius 3 is 2.36 bits per heavy atom. The van der Waals surface area contributed by atoms with Gasteiger partial charge in [-0.15, -0.1) is 0 Å². The van der Waals surface area contributed by atoms with Gasteiger partial charge in [0.1, 0.15) is 6.04 Å². The molecule has 11 nitrogen and oxygen atoms in total. The first-order valence-electron chi connectivity index (χ1n) is 13.4. The van der Waals surface area contributed by atoms with Crippen LogP contribution in [0.25, 0.3) is 10.9 Å². The SMILES string of the molecule is CS(=O)(=O)n1cc(C(=O)NCC(NC(=O)c2c(Cl)cc3c(c2Cl)CCN(C(=O)c2ccc(Cl)cc2)C3)C(=O)O)c2ccccc21. The maximum atomic E-state index is 13.3. The summed E-state index contributed by atoms with van der Waals surface area (Å²) in [5, 5.41) is 15.4. The molecular formula is C30H25Cl3N4O7S. The van der Waals surface area contributed by atoms with Crippen LogP contribution in [0.15, 0.2) is 60.8 Å². The molecule has 15 heteroatoms. The van der Waals surface area contributed by atoms with Crippen molar-refractivity contribution in [3.05, 3.63) is 104 Å². The van der Waals surface area contributed by atoms with Gasteiger partial charge in [0.15, 0.2) is 0 Å². The Kier molecular flexibility index (Phi) is 9.13. The summed E-state index contributed by atoms with van der Waals surface area (Å²) in [5.41, 5.74) is 1.87. The summed E-state index contributed by atoms with van der Waals surface area (Å²) in [5.74, 6) is -3.26. The van der Waals surface area contributed by atoms with Crippen molar-refractivity contribution >= 4 is 79.4 Å². The summed E-state index contributed by atoms with van der Waals surface area (Å²) in [7, 11) is -3.73. The second-order valence-corrected chi connectivity index (χ2v) is 13.4. The van der Waals surface area contributed by atoms with Gasteiger partial charge in [-0.25, -0.2) is 17.2 Å². The minimum absolute atomic E-state index is 0.0101. The molecule has 0 saturated heterocycles. The van der Waals surface area contributed by atoms with Gasteiger partial charge in [-0.2, -0.15) is 0 Å². The number of carboxylic acids is 1. The molecule has 5 rings (SSSR count). The van der Waals surface area contributed by atoms with Crippen LogP contribution in [0.5, 0.6) is 0 Å². The van der Waals surface area contributed by atoms with Gasteiger partial charge in [0.2, 0.25) is 10.0 Å². The quantitative estimate of drug-likeness (QED) is 0.250. The second kappa shape index (κ2) is 12.7. The lowest BCUT2D eigenvalue weighted by atomic mass is 9.96. The van der Waals surface area contributed by atoms with E-state index in [1.807, 2.05) is 0 Å². The van der Waals surface area contributed by atoms with Gasteiger partial charge in [0.05, 0.1) is 32.9 Å². The highest BCUT2D eigenvalue weighted by atomic mass is 35.5. The third-order valence-corrected chi connectivity index (χ3v) is 9.34. The minimum Gasteiger partial charge on any atom is -0.480 e. The number of benzene rings is 3. The first kappa shape index (κ1) is 32.3. The monoisotopic (exact) mass is 690 g/mol. The number of aliphatic carboxylic acids is 1. The molecule has 0 radical (unpaired) electrons. The van der Waals surface area contributed by atoms with Crippen LogP contribution in [0, 0.1) is 0 Å². The molecule has 3 aromatic carbocycles. The number of fused-ring (bicyclic) bond motifs is 2. The van der Waals surface area contributed by atoms with Crippen LogP contribution >= 0.6 is 34.8 Å². The fraction of sp³-hybridized carbons (Fsp3) is 0.200. The maximum Gasteiger partial charge on any atom is 0.328 e. The summed E-state index contributed by atoms with van der Waals surface area (Å²) in [6, 6.07) is 12.8. The largest absolute Gasteiger partial charge is 0.480 e. The molecule has 1 aliphatic heterocycles. The van der Waals surface area contributed by atoms with Gasteiger partial charge in [0.25, 0.3) is 17.7 Å². The minimum atomic E-state index is -3.73. The molecule has 0 saturated carbocycles.